The molecule has 1 saturated heterocycles. The SMILES string of the molecule is O=C(c1cc(Cl)nnc1Cl)N1CCCC1c1ccncc1. The maximum atomic E-state index is 12.7. The summed E-state index contributed by atoms with van der Waals surface area (Å²) >= 11 is 11.8. The van der Waals surface area contributed by atoms with E-state index in [1.54, 1.807) is 17.3 Å². The van der Waals surface area contributed by atoms with Crippen LogP contribution in [0.3, 0.4) is 0 Å². The number of amides is 1. The summed E-state index contributed by atoms with van der Waals surface area (Å²) in [7, 11) is 0. The maximum Gasteiger partial charge on any atom is 0.257 e. The van der Waals surface area contributed by atoms with Crippen LogP contribution >= 0.6 is 23.2 Å². The van der Waals surface area contributed by atoms with E-state index in [1.165, 1.54) is 6.07 Å². The molecule has 1 amide bonds. The van der Waals surface area contributed by atoms with E-state index in [0.717, 1.165) is 18.4 Å². The smallest absolute Gasteiger partial charge is 0.257 e. The number of pyridine rings is 1. The molecule has 0 radical (unpaired) electrons. The fraction of sp³-hybridized carbons (Fsp3) is 0.286. The molecule has 7 heteroatoms. The summed E-state index contributed by atoms with van der Waals surface area (Å²) in [6.45, 7) is 0.683. The van der Waals surface area contributed by atoms with Crippen LogP contribution < -0.4 is 0 Å². The Morgan fingerprint density at radius 2 is 2.00 bits per heavy atom. The Labute approximate surface area is 131 Å². The number of rotatable bonds is 2. The average molecular weight is 323 g/mol. The van der Waals surface area contributed by atoms with Gasteiger partial charge in [0, 0.05) is 18.9 Å². The molecule has 0 spiro atoms. The minimum atomic E-state index is -0.170. The third kappa shape index (κ3) is 2.84. The first-order valence-corrected chi connectivity index (χ1v) is 7.32. The van der Waals surface area contributed by atoms with Gasteiger partial charge in [0.15, 0.2) is 10.3 Å². The minimum Gasteiger partial charge on any atom is -0.332 e. The molecule has 5 nitrogen and oxygen atoms in total. The van der Waals surface area contributed by atoms with Crippen molar-refractivity contribution in [3.8, 4) is 0 Å². The Morgan fingerprint density at radius 1 is 1.24 bits per heavy atom. The van der Waals surface area contributed by atoms with Crippen molar-refractivity contribution in [2.75, 3.05) is 6.54 Å². The van der Waals surface area contributed by atoms with Crippen LogP contribution in [0.2, 0.25) is 10.3 Å². The molecule has 0 N–H and O–H groups in total. The second-order valence-electron chi connectivity index (χ2n) is 4.81. The fourth-order valence-corrected chi connectivity index (χ4v) is 2.92. The van der Waals surface area contributed by atoms with E-state index >= 15 is 0 Å². The van der Waals surface area contributed by atoms with Crippen LogP contribution in [0.15, 0.2) is 30.6 Å². The second-order valence-corrected chi connectivity index (χ2v) is 5.55. The summed E-state index contributed by atoms with van der Waals surface area (Å²) < 4.78 is 0. The van der Waals surface area contributed by atoms with Crippen molar-refractivity contribution < 1.29 is 4.79 Å². The predicted molar refractivity (Wildman–Crippen MR) is 79.3 cm³/mol. The molecular formula is C14H12Cl2N4O. The van der Waals surface area contributed by atoms with Crippen molar-refractivity contribution in [3.63, 3.8) is 0 Å². The van der Waals surface area contributed by atoms with Crippen molar-refractivity contribution in [2.24, 2.45) is 0 Å². The molecule has 3 rings (SSSR count). The molecule has 2 aromatic heterocycles. The van der Waals surface area contributed by atoms with Gasteiger partial charge in [0.25, 0.3) is 5.91 Å². The molecule has 1 fully saturated rings. The zero-order valence-electron chi connectivity index (χ0n) is 11.0. The molecule has 1 aliphatic rings. The highest BCUT2D eigenvalue weighted by Gasteiger charge is 2.31. The van der Waals surface area contributed by atoms with E-state index in [0.29, 0.717) is 6.54 Å². The number of halogens is 2. The molecule has 0 aliphatic carbocycles. The Balaban J connectivity index is 1.92. The highest BCUT2D eigenvalue weighted by molar-refractivity contribution is 6.34. The van der Waals surface area contributed by atoms with Gasteiger partial charge in [0.05, 0.1) is 11.6 Å². The van der Waals surface area contributed by atoms with Crippen molar-refractivity contribution in [3.05, 3.63) is 52.0 Å². The Kier molecular flexibility index (Phi) is 4.03. The van der Waals surface area contributed by atoms with Crippen LogP contribution in [0, 0.1) is 0 Å². The van der Waals surface area contributed by atoms with Gasteiger partial charge in [-0.05, 0) is 36.6 Å². The van der Waals surface area contributed by atoms with E-state index < -0.39 is 0 Å². The van der Waals surface area contributed by atoms with Gasteiger partial charge in [-0.3, -0.25) is 9.78 Å². The Bertz CT molecular complexity index is 665. The maximum absolute atomic E-state index is 12.7. The second kappa shape index (κ2) is 5.95. The van der Waals surface area contributed by atoms with Crippen LogP contribution in [0.25, 0.3) is 0 Å². The number of nitrogens with zero attached hydrogens (tertiary/aromatic N) is 4. The van der Waals surface area contributed by atoms with Gasteiger partial charge in [-0.25, -0.2) is 0 Å². The third-order valence-corrected chi connectivity index (χ3v) is 4.02. The standard InChI is InChI=1S/C14H12Cl2N4O/c15-12-8-10(13(16)19-18-12)14(21)20-7-1-2-11(20)9-3-5-17-6-4-9/h3-6,8,11H,1-2,7H2. The molecule has 1 unspecified atom stereocenters. The molecule has 0 bridgehead atoms. The van der Waals surface area contributed by atoms with Crippen LogP contribution in [0.1, 0.15) is 34.8 Å². The van der Waals surface area contributed by atoms with E-state index in [9.17, 15) is 4.79 Å². The van der Waals surface area contributed by atoms with Gasteiger partial charge in [-0.1, -0.05) is 23.2 Å². The summed E-state index contributed by atoms with van der Waals surface area (Å²) in [4.78, 5) is 18.5. The average Bonchev–Trinajstić information content (AvgIpc) is 2.99. The predicted octanol–water partition coefficient (Wildman–Crippen LogP) is 3.16. The van der Waals surface area contributed by atoms with Crippen LogP contribution in [0.4, 0.5) is 0 Å². The number of hydrogen-bond donors (Lipinski definition) is 0. The van der Waals surface area contributed by atoms with Crippen molar-refractivity contribution in [1.82, 2.24) is 20.1 Å². The summed E-state index contributed by atoms with van der Waals surface area (Å²) in [5.41, 5.74) is 1.36. The minimum absolute atomic E-state index is 0.0310. The Morgan fingerprint density at radius 3 is 2.76 bits per heavy atom. The van der Waals surface area contributed by atoms with Crippen LogP contribution in [-0.2, 0) is 0 Å². The highest BCUT2D eigenvalue weighted by atomic mass is 35.5. The third-order valence-electron chi connectivity index (χ3n) is 3.55. The lowest BCUT2D eigenvalue weighted by molar-refractivity contribution is 0.0735. The number of carbonyl (C=O) groups excluding carboxylic acids is 1. The topological polar surface area (TPSA) is 59.0 Å². The first kappa shape index (κ1) is 14.2. The fourth-order valence-electron chi connectivity index (χ4n) is 2.60. The Hall–Kier alpha value is -1.72. The highest BCUT2D eigenvalue weighted by Crippen LogP contribution is 2.33. The lowest BCUT2D eigenvalue weighted by Gasteiger charge is -2.25. The molecule has 21 heavy (non-hydrogen) atoms. The van der Waals surface area contributed by atoms with Gasteiger partial charge in [-0.2, -0.15) is 0 Å². The van der Waals surface area contributed by atoms with Gasteiger partial charge in [-0.15, -0.1) is 10.2 Å². The molecule has 0 saturated carbocycles. The molecular weight excluding hydrogens is 311 g/mol. The summed E-state index contributed by atoms with van der Waals surface area (Å²) in [6.07, 6.45) is 5.32. The van der Waals surface area contributed by atoms with Crippen LogP contribution in [-0.4, -0.2) is 32.5 Å². The monoisotopic (exact) mass is 322 g/mol. The van der Waals surface area contributed by atoms with E-state index in [2.05, 4.69) is 15.2 Å². The first-order chi connectivity index (χ1) is 10.2. The molecule has 2 aromatic rings. The zero-order chi connectivity index (χ0) is 14.8. The lowest BCUT2D eigenvalue weighted by Crippen LogP contribution is -2.31. The molecule has 108 valence electrons. The van der Waals surface area contributed by atoms with Gasteiger partial charge < -0.3 is 4.90 Å². The molecule has 1 aliphatic heterocycles. The van der Waals surface area contributed by atoms with Gasteiger partial charge >= 0.3 is 0 Å². The summed E-state index contributed by atoms with van der Waals surface area (Å²) in [5.74, 6) is -0.170. The zero-order valence-corrected chi connectivity index (χ0v) is 12.6. The van der Waals surface area contributed by atoms with E-state index in [-0.39, 0.29) is 27.8 Å². The van der Waals surface area contributed by atoms with Gasteiger partial charge in [0.2, 0.25) is 0 Å². The van der Waals surface area contributed by atoms with E-state index in [4.69, 9.17) is 23.2 Å². The molecule has 3 heterocycles. The summed E-state index contributed by atoms with van der Waals surface area (Å²) in [6, 6.07) is 5.34. The largest absolute Gasteiger partial charge is 0.332 e. The van der Waals surface area contributed by atoms with E-state index in [1.807, 2.05) is 12.1 Å². The number of hydrogen-bond acceptors (Lipinski definition) is 4. The normalized spacial score (nSPS) is 18.0. The molecule has 1 atom stereocenters. The number of carbonyl (C=O) groups is 1. The number of aromatic nitrogens is 3. The van der Waals surface area contributed by atoms with Crippen LogP contribution in [0.5, 0.6) is 0 Å². The molecule has 0 aromatic carbocycles. The summed E-state index contributed by atoms with van der Waals surface area (Å²) in [5, 5.41) is 7.55. The van der Waals surface area contributed by atoms with Crippen molar-refractivity contribution in [1.29, 1.82) is 0 Å². The number of likely N-dealkylation sites (tertiary alicyclic amines) is 1. The quantitative estimate of drug-likeness (QED) is 0.852. The van der Waals surface area contributed by atoms with Crippen molar-refractivity contribution >= 4 is 29.1 Å². The first-order valence-electron chi connectivity index (χ1n) is 6.56. The lowest BCUT2D eigenvalue weighted by atomic mass is 10.1. The van der Waals surface area contributed by atoms with Gasteiger partial charge in [0.1, 0.15) is 0 Å². The van der Waals surface area contributed by atoms with Crippen molar-refractivity contribution in [2.45, 2.75) is 18.9 Å².